The van der Waals surface area contributed by atoms with E-state index in [9.17, 15) is 8.78 Å². The summed E-state index contributed by atoms with van der Waals surface area (Å²) < 4.78 is 28.6. The van der Waals surface area contributed by atoms with Crippen LogP contribution in [0.3, 0.4) is 0 Å². The smallest absolute Gasteiger partial charge is 0.143 e. The Labute approximate surface area is 140 Å². The molecule has 0 amide bonds. The Balaban J connectivity index is 2.49. The van der Waals surface area contributed by atoms with E-state index in [2.05, 4.69) is 31.9 Å². The van der Waals surface area contributed by atoms with E-state index < -0.39 is 11.6 Å². The Hall–Kier alpha value is -0.740. The third-order valence-corrected chi connectivity index (χ3v) is 5.66. The van der Waals surface area contributed by atoms with E-state index in [1.807, 2.05) is 37.3 Å². The fourth-order valence-corrected chi connectivity index (χ4v) is 3.80. The lowest BCUT2D eigenvalue weighted by molar-refractivity contribution is 0.436. The second-order valence-corrected chi connectivity index (χ2v) is 6.55. The molecule has 4 heteroatoms. The highest BCUT2D eigenvalue weighted by Crippen LogP contribution is 2.36. The van der Waals surface area contributed by atoms with Gasteiger partial charge >= 0.3 is 0 Å². The fourth-order valence-electron chi connectivity index (χ4n) is 2.51. The van der Waals surface area contributed by atoms with Crippen molar-refractivity contribution in [3.8, 4) is 0 Å². The molecule has 0 aromatic heterocycles. The molecule has 0 saturated carbocycles. The van der Waals surface area contributed by atoms with Gasteiger partial charge in [-0.1, -0.05) is 53.2 Å². The Kier molecular flexibility index (Phi) is 5.55. The lowest BCUT2D eigenvalue weighted by Gasteiger charge is -2.32. The molecule has 0 bridgehead atoms. The van der Waals surface area contributed by atoms with Crippen LogP contribution in [0.5, 0.6) is 0 Å². The second-order valence-electron chi connectivity index (χ2n) is 5.13. The predicted molar refractivity (Wildman–Crippen MR) is 90.0 cm³/mol. The molecule has 1 atom stereocenters. The van der Waals surface area contributed by atoms with E-state index in [4.69, 9.17) is 0 Å². The first-order chi connectivity index (χ1) is 10.0. The van der Waals surface area contributed by atoms with E-state index in [1.165, 1.54) is 12.1 Å². The summed E-state index contributed by atoms with van der Waals surface area (Å²) in [7, 11) is 0. The molecule has 0 radical (unpaired) electrons. The highest BCUT2D eigenvalue weighted by atomic mass is 79.9. The molecule has 0 aliphatic rings. The highest BCUT2D eigenvalue weighted by Gasteiger charge is 2.32. The topological polar surface area (TPSA) is 0 Å². The molecule has 0 nitrogen and oxygen atoms in total. The van der Waals surface area contributed by atoms with Crippen molar-refractivity contribution < 1.29 is 8.78 Å². The van der Waals surface area contributed by atoms with Gasteiger partial charge in [-0.15, -0.1) is 0 Å². The molecule has 112 valence electrons. The van der Waals surface area contributed by atoms with Crippen LogP contribution in [0.4, 0.5) is 8.78 Å². The number of hydrogen-bond acceptors (Lipinski definition) is 0. The zero-order valence-corrected chi connectivity index (χ0v) is 14.8. The minimum absolute atomic E-state index is 0.134. The van der Waals surface area contributed by atoms with E-state index in [0.29, 0.717) is 16.2 Å². The average molecular weight is 418 g/mol. The summed E-state index contributed by atoms with van der Waals surface area (Å²) in [5.74, 6) is -1.00. The van der Waals surface area contributed by atoms with Crippen LogP contribution in [0.15, 0.2) is 46.9 Å². The van der Waals surface area contributed by atoms with Crippen molar-refractivity contribution in [2.75, 3.05) is 5.33 Å². The van der Waals surface area contributed by atoms with Gasteiger partial charge in [0, 0.05) is 16.3 Å². The Bertz CT molecular complexity index is 608. The van der Waals surface area contributed by atoms with E-state index in [0.717, 1.165) is 12.0 Å². The molecule has 2 aromatic carbocycles. The molecule has 0 N–H and O–H groups in total. The zero-order valence-electron chi connectivity index (χ0n) is 11.7. The second kappa shape index (κ2) is 7.01. The van der Waals surface area contributed by atoms with Crippen molar-refractivity contribution in [2.24, 2.45) is 0 Å². The van der Waals surface area contributed by atoms with Crippen molar-refractivity contribution in [3.05, 3.63) is 69.7 Å². The lowest BCUT2D eigenvalue weighted by Crippen LogP contribution is -2.31. The molecule has 0 saturated heterocycles. The fraction of sp³-hybridized carbons (Fsp3) is 0.294. The molecule has 0 spiro atoms. The van der Waals surface area contributed by atoms with Gasteiger partial charge in [-0.2, -0.15) is 0 Å². The van der Waals surface area contributed by atoms with Crippen molar-refractivity contribution in [2.45, 2.75) is 25.2 Å². The quantitative estimate of drug-likeness (QED) is 0.412. The normalized spacial score (nSPS) is 14.0. The molecule has 0 aliphatic heterocycles. The Morgan fingerprint density at radius 1 is 1.05 bits per heavy atom. The van der Waals surface area contributed by atoms with Crippen molar-refractivity contribution in [1.29, 1.82) is 0 Å². The Morgan fingerprint density at radius 3 is 2.29 bits per heavy atom. The maximum Gasteiger partial charge on any atom is 0.143 e. The summed E-state index contributed by atoms with van der Waals surface area (Å²) in [4.78, 5) is 0. The number of alkyl halides is 1. The Morgan fingerprint density at radius 2 is 1.71 bits per heavy atom. The largest absolute Gasteiger partial charge is 0.207 e. The van der Waals surface area contributed by atoms with Gasteiger partial charge in [0.2, 0.25) is 0 Å². The standard InChI is InChI=1S/C17H16Br2F2/c1-2-17(11-18,12-6-4-3-5-7-12)10-13-15(20)9-8-14(19)16(13)21/h3-9H,2,10-11H2,1H3. The first-order valence-electron chi connectivity index (χ1n) is 6.78. The number of benzene rings is 2. The van der Waals surface area contributed by atoms with Gasteiger partial charge in [-0.05, 0) is 46.5 Å². The summed E-state index contributed by atoms with van der Waals surface area (Å²) in [6.07, 6.45) is 1.10. The monoisotopic (exact) mass is 416 g/mol. The summed E-state index contributed by atoms with van der Waals surface area (Å²) >= 11 is 6.67. The van der Waals surface area contributed by atoms with Crippen LogP contribution >= 0.6 is 31.9 Å². The molecule has 1 unspecified atom stereocenters. The predicted octanol–water partition coefficient (Wildman–Crippen LogP) is 6.01. The van der Waals surface area contributed by atoms with Crippen LogP contribution < -0.4 is 0 Å². The zero-order chi connectivity index (χ0) is 15.5. The van der Waals surface area contributed by atoms with Crippen LogP contribution in [-0.4, -0.2) is 5.33 Å². The number of halogens is 4. The third-order valence-electron chi connectivity index (χ3n) is 3.97. The number of rotatable bonds is 5. The molecule has 0 fully saturated rings. The van der Waals surface area contributed by atoms with Gasteiger partial charge < -0.3 is 0 Å². The maximum absolute atomic E-state index is 14.3. The molecule has 2 rings (SSSR count). The van der Waals surface area contributed by atoms with Gasteiger partial charge in [-0.3, -0.25) is 0 Å². The molecular weight excluding hydrogens is 402 g/mol. The minimum atomic E-state index is -0.510. The van der Waals surface area contributed by atoms with E-state index >= 15 is 0 Å². The first kappa shape index (κ1) is 16.6. The minimum Gasteiger partial charge on any atom is -0.207 e. The summed E-state index contributed by atoms with van der Waals surface area (Å²) in [5.41, 5.74) is 0.890. The third kappa shape index (κ3) is 3.37. The summed E-state index contributed by atoms with van der Waals surface area (Å²) in [6, 6.07) is 12.6. The summed E-state index contributed by atoms with van der Waals surface area (Å²) in [5, 5.41) is 0.645. The van der Waals surface area contributed by atoms with E-state index in [1.54, 1.807) is 0 Å². The van der Waals surface area contributed by atoms with E-state index in [-0.39, 0.29) is 11.0 Å². The van der Waals surface area contributed by atoms with Crippen molar-refractivity contribution in [1.82, 2.24) is 0 Å². The van der Waals surface area contributed by atoms with Gasteiger partial charge in [0.15, 0.2) is 0 Å². The maximum atomic E-state index is 14.3. The number of hydrogen-bond donors (Lipinski definition) is 0. The SMILES string of the molecule is CCC(CBr)(Cc1c(F)ccc(Br)c1F)c1ccccc1. The molecule has 0 heterocycles. The summed E-state index contributed by atoms with van der Waals surface area (Å²) in [6.45, 7) is 2.04. The molecule has 0 aliphatic carbocycles. The van der Waals surface area contributed by atoms with Crippen LogP contribution in [0, 0.1) is 11.6 Å². The van der Waals surface area contributed by atoms with Crippen LogP contribution in [-0.2, 0) is 11.8 Å². The molecule has 2 aromatic rings. The average Bonchev–Trinajstić information content (AvgIpc) is 2.53. The lowest BCUT2D eigenvalue weighted by atomic mass is 9.75. The first-order valence-corrected chi connectivity index (χ1v) is 8.69. The van der Waals surface area contributed by atoms with Crippen LogP contribution in [0.1, 0.15) is 24.5 Å². The van der Waals surface area contributed by atoms with Gasteiger partial charge in [-0.25, -0.2) is 8.78 Å². The van der Waals surface area contributed by atoms with Crippen molar-refractivity contribution in [3.63, 3.8) is 0 Å². The van der Waals surface area contributed by atoms with Gasteiger partial charge in [0.25, 0.3) is 0 Å². The highest BCUT2D eigenvalue weighted by molar-refractivity contribution is 9.10. The molecular formula is C17H16Br2F2. The van der Waals surface area contributed by atoms with Crippen molar-refractivity contribution >= 4 is 31.9 Å². The van der Waals surface area contributed by atoms with Crippen LogP contribution in [0.2, 0.25) is 0 Å². The van der Waals surface area contributed by atoms with Gasteiger partial charge in [0.1, 0.15) is 11.6 Å². The van der Waals surface area contributed by atoms with Crippen LogP contribution in [0.25, 0.3) is 0 Å². The molecule has 21 heavy (non-hydrogen) atoms. The van der Waals surface area contributed by atoms with Gasteiger partial charge in [0.05, 0.1) is 4.47 Å².